The number of aromatic carboxylic acids is 1. The molecule has 6 heterocycles. The summed E-state index contributed by atoms with van der Waals surface area (Å²) in [7, 11) is -9.13. The monoisotopic (exact) mass is 1010 g/mol. The molecule has 5 aromatic heterocycles. The Morgan fingerprint density at radius 2 is 1.66 bits per heavy atom. The lowest BCUT2D eigenvalue weighted by Crippen LogP contribution is -2.24. The number of furan rings is 1. The lowest BCUT2D eigenvalue weighted by atomic mass is 9.89. The van der Waals surface area contributed by atoms with E-state index in [1.807, 2.05) is 6.20 Å². The molecule has 366 valence electrons. The van der Waals surface area contributed by atoms with E-state index in [4.69, 9.17) is 20.0 Å². The van der Waals surface area contributed by atoms with Crippen molar-refractivity contribution in [2.24, 2.45) is 7.05 Å². The van der Waals surface area contributed by atoms with E-state index >= 15 is 0 Å². The SMILES string of the molecule is Cn1cc2c(nc(NC(=O)CCCc3cn(CCCCCCNC(=O)c4ccc(-c5c6ccc(=N)c(S(=O)(=O)[O-])c-6oc6c(S(=O)(=O)[O-])c(N)ccc56)c(C(=O)O)c4)nn3)n3nc(-c4ccco4)nc23)n1. The van der Waals surface area contributed by atoms with Crippen molar-refractivity contribution in [3.05, 3.63) is 95.4 Å². The van der Waals surface area contributed by atoms with Gasteiger partial charge in [0, 0.05) is 61.0 Å². The van der Waals surface area contributed by atoms with E-state index in [0.29, 0.717) is 54.1 Å². The van der Waals surface area contributed by atoms with Gasteiger partial charge in [0.05, 0.1) is 34.0 Å². The second-order valence-corrected chi connectivity index (χ2v) is 18.9. The first-order valence-corrected chi connectivity index (χ1v) is 24.4. The predicted molar refractivity (Wildman–Crippen MR) is 247 cm³/mol. The summed E-state index contributed by atoms with van der Waals surface area (Å²) >= 11 is 0. The van der Waals surface area contributed by atoms with Gasteiger partial charge >= 0.3 is 5.97 Å². The Morgan fingerprint density at radius 1 is 0.887 bits per heavy atom. The number of carbonyl (C=O) groups excluding carboxylic acids is 2. The Kier molecular flexibility index (Phi) is 12.6. The molecule has 7 aromatic rings. The number of amides is 2. The van der Waals surface area contributed by atoms with E-state index in [1.54, 1.807) is 34.7 Å². The zero-order chi connectivity index (χ0) is 50.4. The summed E-state index contributed by atoms with van der Waals surface area (Å²) in [6.45, 7) is 0.832. The minimum Gasteiger partial charge on any atom is -0.744 e. The van der Waals surface area contributed by atoms with Crippen LogP contribution in [-0.4, -0.2) is 99.7 Å². The van der Waals surface area contributed by atoms with Crippen LogP contribution in [0.2, 0.25) is 0 Å². The molecule has 1 aliphatic carbocycles. The summed E-state index contributed by atoms with van der Waals surface area (Å²) < 4.78 is 90.1. The first kappa shape index (κ1) is 47.7. The number of nitrogen functional groups attached to an aromatic ring is 1. The van der Waals surface area contributed by atoms with Gasteiger partial charge in [-0.25, -0.2) is 26.6 Å². The number of nitrogens with zero attached hydrogens (tertiary/aromatic N) is 9. The number of unbranched alkanes of at least 4 members (excludes halogenated alkanes) is 3. The van der Waals surface area contributed by atoms with Crippen LogP contribution < -0.4 is 21.7 Å². The van der Waals surface area contributed by atoms with Gasteiger partial charge in [0.2, 0.25) is 17.7 Å². The van der Waals surface area contributed by atoms with Crippen LogP contribution in [0.4, 0.5) is 11.6 Å². The molecule has 0 saturated heterocycles. The number of anilines is 2. The first-order chi connectivity index (χ1) is 33.8. The molecule has 27 heteroatoms. The predicted octanol–water partition coefficient (Wildman–Crippen LogP) is 3.90. The Morgan fingerprint density at radius 3 is 2.41 bits per heavy atom. The highest BCUT2D eigenvalue weighted by molar-refractivity contribution is 7.86. The molecule has 2 aromatic carbocycles. The minimum absolute atomic E-state index is 0.0563. The lowest BCUT2D eigenvalue weighted by Gasteiger charge is -2.22. The maximum Gasteiger partial charge on any atom is 0.336 e. The van der Waals surface area contributed by atoms with E-state index < -0.39 is 69.9 Å². The number of aromatic nitrogens is 9. The van der Waals surface area contributed by atoms with Crippen molar-refractivity contribution in [1.82, 2.24) is 49.7 Å². The van der Waals surface area contributed by atoms with E-state index in [2.05, 4.69) is 41.1 Å². The number of hydrogen-bond donors (Lipinski definition) is 5. The Hall–Kier alpha value is -8.40. The smallest absolute Gasteiger partial charge is 0.336 e. The molecule has 0 fully saturated rings. The number of nitrogens with one attached hydrogen (secondary N) is 3. The van der Waals surface area contributed by atoms with E-state index in [1.165, 1.54) is 35.0 Å². The van der Waals surface area contributed by atoms with E-state index in [0.717, 1.165) is 43.2 Å². The number of nitrogens with two attached hydrogens (primary N) is 1. The number of rotatable bonds is 18. The highest BCUT2D eigenvalue weighted by Crippen LogP contribution is 2.45. The Labute approximate surface area is 400 Å². The largest absolute Gasteiger partial charge is 0.744 e. The highest BCUT2D eigenvalue weighted by atomic mass is 32.2. The molecule has 2 amide bonds. The zero-order valence-corrected chi connectivity index (χ0v) is 38.8. The van der Waals surface area contributed by atoms with Crippen LogP contribution in [0.1, 0.15) is 64.9 Å². The number of fused-ring (bicyclic) bond motifs is 5. The molecule has 0 radical (unpaired) electrons. The second-order valence-electron chi connectivity index (χ2n) is 16.3. The number of carboxylic acid groups (broad SMARTS) is 1. The Bertz CT molecular complexity index is 3840. The molecular formula is C44H39N13O12S2-2. The second kappa shape index (κ2) is 18.8. The summed E-state index contributed by atoms with van der Waals surface area (Å²) in [6.07, 6.45) is 9.13. The van der Waals surface area contributed by atoms with Crippen LogP contribution in [0, 0.1) is 5.41 Å². The molecule has 2 aliphatic rings. The summed E-state index contributed by atoms with van der Waals surface area (Å²) in [5, 5.41) is 41.0. The first-order valence-electron chi connectivity index (χ1n) is 21.6. The summed E-state index contributed by atoms with van der Waals surface area (Å²) in [4.78, 5) is 45.9. The van der Waals surface area contributed by atoms with Crippen molar-refractivity contribution >= 4 is 77.3 Å². The fourth-order valence-corrected chi connectivity index (χ4v) is 9.64. The highest BCUT2D eigenvalue weighted by Gasteiger charge is 2.29. The summed E-state index contributed by atoms with van der Waals surface area (Å²) in [5.41, 5.74) is 4.96. The maximum absolute atomic E-state index is 13.3. The molecule has 0 unspecified atom stereocenters. The van der Waals surface area contributed by atoms with E-state index in [-0.39, 0.29) is 52.5 Å². The maximum atomic E-state index is 13.3. The lowest BCUT2D eigenvalue weighted by molar-refractivity contribution is -0.116. The number of hydrogen-bond acceptors (Lipinski definition) is 19. The summed E-state index contributed by atoms with van der Waals surface area (Å²) in [5.74, 6) is -2.28. The number of carboxylic acids is 1. The van der Waals surface area contributed by atoms with Gasteiger partial charge in [-0.3, -0.25) is 29.7 Å². The van der Waals surface area contributed by atoms with Gasteiger partial charge in [0.1, 0.15) is 30.0 Å². The average Bonchev–Trinajstić information content (AvgIpc) is 4.14. The van der Waals surface area contributed by atoms with Gasteiger partial charge in [0.15, 0.2) is 28.4 Å². The topological polar surface area (TPSA) is 378 Å². The normalized spacial score (nSPS) is 12.1. The third-order valence-electron chi connectivity index (χ3n) is 11.4. The zero-order valence-electron chi connectivity index (χ0n) is 37.1. The molecule has 71 heavy (non-hydrogen) atoms. The fourth-order valence-electron chi connectivity index (χ4n) is 8.19. The van der Waals surface area contributed by atoms with E-state index in [9.17, 15) is 45.4 Å². The van der Waals surface area contributed by atoms with Crippen LogP contribution in [0.3, 0.4) is 0 Å². The van der Waals surface area contributed by atoms with Crippen molar-refractivity contribution in [1.29, 1.82) is 5.41 Å². The van der Waals surface area contributed by atoms with Crippen molar-refractivity contribution in [2.45, 2.75) is 61.3 Å². The van der Waals surface area contributed by atoms with Crippen molar-refractivity contribution in [3.8, 4) is 34.0 Å². The summed E-state index contributed by atoms with van der Waals surface area (Å²) in [6, 6.07) is 11.5. The molecule has 0 saturated carbocycles. The molecule has 9 rings (SSSR count). The minimum atomic E-state index is -5.47. The molecule has 6 N–H and O–H groups in total. The molecule has 0 bridgehead atoms. The van der Waals surface area contributed by atoms with Gasteiger partial charge in [-0.1, -0.05) is 24.1 Å². The van der Waals surface area contributed by atoms with Crippen LogP contribution in [-0.2, 0) is 45.0 Å². The van der Waals surface area contributed by atoms with Crippen molar-refractivity contribution in [2.75, 3.05) is 17.6 Å². The van der Waals surface area contributed by atoms with Crippen molar-refractivity contribution in [3.63, 3.8) is 0 Å². The number of aryl methyl sites for hydroxylation is 3. The molecular weight excluding hydrogens is 967 g/mol. The number of benzene rings is 3. The van der Waals surface area contributed by atoms with Gasteiger partial charge < -0.3 is 34.1 Å². The van der Waals surface area contributed by atoms with Gasteiger partial charge in [-0.2, -0.15) is 14.6 Å². The van der Waals surface area contributed by atoms with Crippen LogP contribution >= 0.6 is 0 Å². The van der Waals surface area contributed by atoms with Gasteiger partial charge in [-0.05, 0) is 79.8 Å². The van der Waals surface area contributed by atoms with Crippen LogP contribution in [0.5, 0.6) is 0 Å². The molecule has 0 spiro atoms. The standard InChI is InChI=1S/C44H41N13O12S2/c1-55-22-29-39(52-55)50-44(57-41(29)49-40(53-57)32-9-7-19-68-32)48-33(58)10-6-8-24-21-56(54-51-24)18-5-3-2-4-17-47-42(59)23-11-12-25(28(20-23)43(60)61)34-26-13-15-30(45)37(70(62,63)64)35(26)69-36-27(34)14-16-31(46)38(36)71(65,66)67/h7,9,11-16,19-22,45H,2-6,8,10,17-18,46H2,1H3,(H,47,59)(H,60,61)(H,62,63,64)(H,65,66,67)(H,48,50,52,58)/p-2. The van der Waals surface area contributed by atoms with Crippen LogP contribution in [0.25, 0.3) is 61.7 Å². The molecule has 0 atom stereocenters. The molecule has 1 aliphatic heterocycles. The fraction of sp³-hybridized carbons (Fsp3) is 0.227. The quantitative estimate of drug-likeness (QED) is 0.0352. The van der Waals surface area contributed by atoms with Crippen molar-refractivity contribution < 1.29 is 54.3 Å². The number of carbonyl (C=O) groups is 3. The van der Waals surface area contributed by atoms with Gasteiger partial charge in [0.25, 0.3) is 5.91 Å². The molecule has 25 nitrogen and oxygen atoms in total. The third kappa shape index (κ3) is 9.65. The average molecular weight is 1010 g/mol. The van der Waals surface area contributed by atoms with Gasteiger partial charge in [-0.15, -0.1) is 10.2 Å². The third-order valence-corrected chi connectivity index (χ3v) is 13.2. The van der Waals surface area contributed by atoms with Crippen LogP contribution in [0.15, 0.2) is 91.9 Å². The Balaban J connectivity index is 0.782.